The van der Waals surface area contributed by atoms with Crippen LogP contribution in [0.4, 0.5) is 0 Å². The normalized spacial score (nSPS) is 17.5. The first-order valence-corrected chi connectivity index (χ1v) is 20.9. The van der Waals surface area contributed by atoms with Crippen LogP contribution in [0.1, 0.15) is 81.1 Å². The Morgan fingerprint density at radius 3 is 0.617 bits per heavy atom. The minimum atomic E-state index is -1.17. The molecule has 0 aromatic rings. The van der Waals surface area contributed by atoms with Gasteiger partial charge in [-0.05, 0) is 49.4 Å². The molecule has 344 valence electrons. The lowest BCUT2D eigenvalue weighted by Gasteiger charge is -2.34. The summed E-state index contributed by atoms with van der Waals surface area (Å²) in [5, 5.41) is 49.3. The van der Waals surface area contributed by atoms with Crippen molar-refractivity contribution in [2.45, 2.75) is 105 Å². The highest BCUT2D eigenvalue weighted by Crippen LogP contribution is 2.10. The van der Waals surface area contributed by atoms with Crippen molar-refractivity contribution in [3.63, 3.8) is 0 Å². The molecular weight excluding hydrogens is 784 g/mol. The maximum absolute atomic E-state index is 13.3. The summed E-state index contributed by atoms with van der Waals surface area (Å²) in [6, 6.07) is -4.48. The standard InChI is InChI=1S/C40H72N8O12/c1-25(2)17-29(37(53)54)41-33(49)21-45-9-11-46(22-34(50)42-30(38(55)56)18-26(3)4)13-15-48(24-36(52)44-32(40(59)60)20-28(7)8)16-14-47(12-10-45)23-35(51)43-31(39(57)58)19-27(5)6/h25-32H,9-24H2,1-8H3,(H,41,49)(H,42,50)(H,43,51)(H,44,52)(H,53,54)(H,55,56)(H,57,58)(H,59,60)/t29-,30-,31-,32-/m1/s1. The van der Waals surface area contributed by atoms with Crippen molar-refractivity contribution in [3.8, 4) is 0 Å². The molecule has 1 aliphatic heterocycles. The summed E-state index contributed by atoms with van der Waals surface area (Å²) in [6.45, 7) is 15.3. The van der Waals surface area contributed by atoms with Gasteiger partial charge in [-0.2, -0.15) is 0 Å². The summed E-state index contributed by atoms with van der Waals surface area (Å²) in [5.74, 6) is -6.95. The number of nitrogens with zero attached hydrogens (tertiary/aromatic N) is 4. The highest BCUT2D eigenvalue weighted by Gasteiger charge is 2.28. The fourth-order valence-corrected chi connectivity index (χ4v) is 6.75. The molecule has 0 radical (unpaired) electrons. The molecule has 1 heterocycles. The molecule has 0 unspecified atom stereocenters. The van der Waals surface area contributed by atoms with Gasteiger partial charge < -0.3 is 41.7 Å². The van der Waals surface area contributed by atoms with Crippen molar-refractivity contribution in [2.75, 3.05) is 78.5 Å². The Hall–Kier alpha value is -4.40. The molecule has 4 atom stereocenters. The lowest BCUT2D eigenvalue weighted by atomic mass is 10.0. The molecule has 8 N–H and O–H groups in total. The number of carboxylic acid groups (broad SMARTS) is 4. The van der Waals surface area contributed by atoms with E-state index in [-0.39, 0.29) is 128 Å². The Morgan fingerprint density at radius 1 is 0.350 bits per heavy atom. The number of amides is 4. The number of carbonyl (C=O) groups excluding carboxylic acids is 4. The predicted molar refractivity (Wildman–Crippen MR) is 222 cm³/mol. The number of hydrogen-bond acceptors (Lipinski definition) is 12. The molecule has 1 rings (SSSR count). The van der Waals surface area contributed by atoms with Crippen molar-refractivity contribution >= 4 is 47.5 Å². The van der Waals surface area contributed by atoms with Gasteiger partial charge in [0.15, 0.2) is 0 Å². The maximum Gasteiger partial charge on any atom is 0.326 e. The van der Waals surface area contributed by atoms with Crippen LogP contribution in [0.3, 0.4) is 0 Å². The van der Waals surface area contributed by atoms with Crippen LogP contribution in [0.15, 0.2) is 0 Å². The second kappa shape index (κ2) is 27.4. The monoisotopic (exact) mass is 857 g/mol. The lowest BCUT2D eigenvalue weighted by Crippen LogP contribution is -2.54. The summed E-state index contributed by atoms with van der Waals surface area (Å²) in [4.78, 5) is 108. The van der Waals surface area contributed by atoms with Gasteiger partial charge in [0, 0.05) is 52.4 Å². The highest BCUT2D eigenvalue weighted by atomic mass is 16.4. The molecule has 20 heteroatoms. The maximum atomic E-state index is 13.3. The third-order valence-electron chi connectivity index (χ3n) is 9.76. The number of carbonyl (C=O) groups is 8. The van der Waals surface area contributed by atoms with Gasteiger partial charge in [0.2, 0.25) is 23.6 Å². The minimum absolute atomic E-state index is 0.0146. The SMILES string of the molecule is CC(C)C[C@@H](NC(=O)CN1CCN(CC(=O)N[C@H](CC(C)C)C(=O)O)CCN(CC(=O)N[C@H](CC(C)C)C(=O)O)CCN(CC(=O)N[C@H](CC(C)C)C(=O)O)CC1)C(=O)O. The second-order valence-electron chi connectivity index (χ2n) is 17.5. The first-order chi connectivity index (χ1) is 27.9. The number of carboxylic acids is 4. The number of aliphatic carboxylic acids is 4. The predicted octanol–water partition coefficient (Wildman–Crippen LogP) is -0.330. The third-order valence-corrected chi connectivity index (χ3v) is 9.76. The Labute approximate surface area is 354 Å². The average molecular weight is 857 g/mol. The van der Waals surface area contributed by atoms with E-state index in [0.29, 0.717) is 0 Å². The summed E-state index contributed by atoms with van der Waals surface area (Å²) in [6.07, 6.45) is 0.827. The quantitative estimate of drug-likeness (QED) is 0.0617. The van der Waals surface area contributed by atoms with Gasteiger partial charge in [-0.3, -0.25) is 38.8 Å². The number of nitrogens with one attached hydrogen (secondary N) is 4. The van der Waals surface area contributed by atoms with Gasteiger partial charge in [-0.1, -0.05) is 55.4 Å². The van der Waals surface area contributed by atoms with Crippen LogP contribution in [0.25, 0.3) is 0 Å². The Balaban J connectivity index is 3.51. The molecular formula is C40H72N8O12. The van der Waals surface area contributed by atoms with Crippen LogP contribution in [0.5, 0.6) is 0 Å². The van der Waals surface area contributed by atoms with Crippen LogP contribution >= 0.6 is 0 Å². The van der Waals surface area contributed by atoms with E-state index in [1.807, 2.05) is 55.4 Å². The summed E-state index contributed by atoms with van der Waals surface area (Å²) >= 11 is 0. The largest absolute Gasteiger partial charge is 0.480 e. The van der Waals surface area contributed by atoms with Gasteiger partial charge in [0.25, 0.3) is 0 Å². The fourth-order valence-electron chi connectivity index (χ4n) is 6.75. The highest BCUT2D eigenvalue weighted by molar-refractivity contribution is 5.86. The van der Waals surface area contributed by atoms with Crippen LogP contribution in [-0.4, -0.2) is 190 Å². The first-order valence-electron chi connectivity index (χ1n) is 20.9. The molecule has 0 spiro atoms. The Bertz CT molecular complexity index is 1200. The molecule has 1 fully saturated rings. The van der Waals surface area contributed by atoms with Crippen molar-refractivity contribution < 1.29 is 58.8 Å². The van der Waals surface area contributed by atoms with E-state index in [0.717, 1.165) is 0 Å². The molecule has 60 heavy (non-hydrogen) atoms. The molecule has 0 aromatic heterocycles. The fraction of sp³-hybridized carbons (Fsp3) is 0.800. The van der Waals surface area contributed by atoms with Crippen molar-refractivity contribution in [1.29, 1.82) is 0 Å². The van der Waals surface area contributed by atoms with Crippen LogP contribution < -0.4 is 21.3 Å². The Kier molecular flexibility index (Phi) is 24.5. The summed E-state index contributed by atoms with van der Waals surface area (Å²) < 4.78 is 0. The zero-order valence-corrected chi connectivity index (χ0v) is 36.8. The molecule has 1 aliphatic rings. The third kappa shape index (κ3) is 23.4. The van der Waals surface area contributed by atoms with E-state index in [9.17, 15) is 58.8 Å². The van der Waals surface area contributed by atoms with Crippen molar-refractivity contribution in [2.24, 2.45) is 23.7 Å². The minimum Gasteiger partial charge on any atom is -0.480 e. The van der Waals surface area contributed by atoms with Crippen LogP contribution in [0.2, 0.25) is 0 Å². The average Bonchev–Trinajstić information content (AvgIpc) is 3.10. The van der Waals surface area contributed by atoms with Gasteiger partial charge in [-0.25, -0.2) is 19.2 Å². The van der Waals surface area contributed by atoms with Crippen LogP contribution in [-0.2, 0) is 38.4 Å². The number of hydrogen-bond donors (Lipinski definition) is 8. The van der Waals surface area contributed by atoms with E-state index in [4.69, 9.17) is 0 Å². The van der Waals surface area contributed by atoms with E-state index in [2.05, 4.69) is 21.3 Å². The van der Waals surface area contributed by atoms with Crippen LogP contribution in [0, 0.1) is 23.7 Å². The topological polar surface area (TPSA) is 279 Å². The van der Waals surface area contributed by atoms with E-state index < -0.39 is 71.7 Å². The molecule has 0 saturated carbocycles. The van der Waals surface area contributed by atoms with Gasteiger partial charge in [-0.15, -0.1) is 0 Å². The molecule has 20 nitrogen and oxygen atoms in total. The first kappa shape index (κ1) is 53.6. The zero-order chi connectivity index (χ0) is 45.7. The summed E-state index contributed by atoms with van der Waals surface area (Å²) in [5.41, 5.74) is 0. The molecule has 1 saturated heterocycles. The molecule has 0 aromatic carbocycles. The molecule has 4 amide bonds. The van der Waals surface area contributed by atoms with E-state index in [1.54, 1.807) is 19.6 Å². The zero-order valence-electron chi connectivity index (χ0n) is 36.8. The number of rotatable bonds is 24. The van der Waals surface area contributed by atoms with Crippen molar-refractivity contribution in [1.82, 2.24) is 40.9 Å². The molecule has 0 bridgehead atoms. The smallest absolute Gasteiger partial charge is 0.326 e. The van der Waals surface area contributed by atoms with Crippen molar-refractivity contribution in [3.05, 3.63) is 0 Å². The second-order valence-corrected chi connectivity index (χ2v) is 17.5. The molecule has 0 aliphatic carbocycles. The van der Waals surface area contributed by atoms with E-state index in [1.165, 1.54) is 0 Å². The lowest BCUT2D eigenvalue weighted by molar-refractivity contribution is -0.143. The van der Waals surface area contributed by atoms with Gasteiger partial charge in [0.05, 0.1) is 26.2 Å². The van der Waals surface area contributed by atoms with E-state index >= 15 is 0 Å². The van der Waals surface area contributed by atoms with Gasteiger partial charge >= 0.3 is 23.9 Å². The van der Waals surface area contributed by atoms with Gasteiger partial charge in [0.1, 0.15) is 24.2 Å². The summed E-state index contributed by atoms with van der Waals surface area (Å²) in [7, 11) is 0. The Morgan fingerprint density at radius 2 is 0.500 bits per heavy atom.